The van der Waals surface area contributed by atoms with E-state index in [2.05, 4.69) is 25.9 Å². The van der Waals surface area contributed by atoms with E-state index in [1.807, 2.05) is 24.3 Å². The summed E-state index contributed by atoms with van der Waals surface area (Å²) in [5.41, 5.74) is 5.40. The van der Waals surface area contributed by atoms with Crippen LogP contribution in [0.15, 0.2) is 41.1 Å². The fraction of sp³-hybridized carbons (Fsp3) is 0. The van der Waals surface area contributed by atoms with E-state index in [0.29, 0.717) is 17.4 Å². The number of ether oxygens (including phenoxy) is 1. The molecule has 0 aliphatic carbocycles. The Kier molecular flexibility index (Phi) is 2.82. The topological polar surface area (TPSA) is 61.0 Å². The lowest BCUT2D eigenvalue weighted by molar-refractivity contribution is 0.460. The molecule has 0 amide bonds. The summed E-state index contributed by atoms with van der Waals surface area (Å²) in [5, 5.41) is 0. The third-order valence-electron chi connectivity index (χ3n) is 1.68. The average Bonchev–Trinajstić information content (AvgIpc) is 2.25. The van der Waals surface area contributed by atoms with Crippen LogP contribution in [0.3, 0.4) is 0 Å². The highest BCUT2D eigenvalue weighted by Gasteiger charge is 1.98. The molecular formula is C10H8BrN3O. The number of rotatable bonds is 2. The second-order valence-corrected chi connectivity index (χ2v) is 3.75. The van der Waals surface area contributed by atoms with Gasteiger partial charge in [-0.25, -0.2) is 9.97 Å². The molecule has 0 aliphatic rings. The first-order valence-corrected chi connectivity index (χ1v) is 5.04. The molecule has 0 atom stereocenters. The highest BCUT2D eigenvalue weighted by Crippen LogP contribution is 2.20. The van der Waals surface area contributed by atoms with Gasteiger partial charge in [0.25, 0.3) is 0 Å². The molecule has 0 saturated heterocycles. The molecule has 2 N–H and O–H groups in total. The smallest absolute Gasteiger partial charge is 0.237 e. The average molecular weight is 266 g/mol. The van der Waals surface area contributed by atoms with Crippen LogP contribution in [0.5, 0.6) is 11.6 Å². The van der Waals surface area contributed by atoms with Crippen LogP contribution < -0.4 is 10.5 Å². The molecule has 0 spiro atoms. The molecule has 2 aromatic rings. The second-order valence-electron chi connectivity index (χ2n) is 2.84. The van der Waals surface area contributed by atoms with Gasteiger partial charge in [0.15, 0.2) is 0 Å². The monoisotopic (exact) mass is 265 g/mol. The Hall–Kier alpha value is -1.62. The molecule has 5 heteroatoms. The minimum atomic E-state index is 0.373. The van der Waals surface area contributed by atoms with Gasteiger partial charge in [0.2, 0.25) is 5.88 Å². The van der Waals surface area contributed by atoms with Crippen LogP contribution in [0, 0.1) is 0 Å². The second kappa shape index (κ2) is 4.27. The van der Waals surface area contributed by atoms with Crippen molar-refractivity contribution in [1.82, 2.24) is 9.97 Å². The standard InChI is InChI=1S/C10H8BrN3O/c11-7-1-3-8(4-2-7)15-10-6-13-9(12)5-14-10/h1-6H,(H2,12,13). The molecule has 0 fully saturated rings. The molecule has 0 aliphatic heterocycles. The maximum Gasteiger partial charge on any atom is 0.237 e. The normalized spacial score (nSPS) is 9.93. The number of nitrogens with zero attached hydrogens (tertiary/aromatic N) is 2. The van der Waals surface area contributed by atoms with Gasteiger partial charge in [-0.2, -0.15) is 0 Å². The van der Waals surface area contributed by atoms with E-state index >= 15 is 0 Å². The fourth-order valence-corrected chi connectivity index (χ4v) is 1.27. The molecule has 15 heavy (non-hydrogen) atoms. The molecule has 76 valence electrons. The summed E-state index contributed by atoms with van der Waals surface area (Å²) in [4.78, 5) is 7.85. The molecule has 4 nitrogen and oxygen atoms in total. The zero-order chi connectivity index (χ0) is 10.7. The molecule has 0 bridgehead atoms. The number of hydrogen-bond donors (Lipinski definition) is 1. The van der Waals surface area contributed by atoms with Crippen LogP contribution in [0.2, 0.25) is 0 Å². The van der Waals surface area contributed by atoms with Crippen LogP contribution in [0.25, 0.3) is 0 Å². The number of anilines is 1. The molecule has 0 radical (unpaired) electrons. The third kappa shape index (κ3) is 2.66. The van der Waals surface area contributed by atoms with Crippen molar-refractivity contribution in [2.75, 3.05) is 5.73 Å². The van der Waals surface area contributed by atoms with E-state index in [-0.39, 0.29) is 0 Å². The summed E-state index contributed by atoms with van der Waals surface area (Å²) in [5.74, 6) is 1.50. The van der Waals surface area contributed by atoms with Gasteiger partial charge in [-0.15, -0.1) is 0 Å². The van der Waals surface area contributed by atoms with Crippen molar-refractivity contribution in [3.63, 3.8) is 0 Å². The van der Waals surface area contributed by atoms with E-state index in [9.17, 15) is 0 Å². The lowest BCUT2D eigenvalue weighted by Gasteiger charge is -2.03. The summed E-state index contributed by atoms with van der Waals surface area (Å²) in [6, 6.07) is 7.45. The van der Waals surface area contributed by atoms with E-state index in [1.165, 1.54) is 12.4 Å². The van der Waals surface area contributed by atoms with Crippen LogP contribution >= 0.6 is 15.9 Å². The molecule has 1 heterocycles. The number of halogens is 1. The molecule has 0 unspecified atom stereocenters. The highest BCUT2D eigenvalue weighted by molar-refractivity contribution is 9.10. The zero-order valence-electron chi connectivity index (χ0n) is 7.72. The summed E-state index contributed by atoms with van der Waals surface area (Å²) < 4.78 is 6.44. The Balaban J connectivity index is 2.15. The largest absolute Gasteiger partial charge is 0.438 e. The molecule has 1 aromatic heterocycles. The third-order valence-corrected chi connectivity index (χ3v) is 2.21. The molecule has 0 saturated carbocycles. The van der Waals surface area contributed by atoms with Crippen molar-refractivity contribution < 1.29 is 4.74 Å². The van der Waals surface area contributed by atoms with E-state index in [4.69, 9.17) is 10.5 Å². The number of aromatic nitrogens is 2. The van der Waals surface area contributed by atoms with Crippen molar-refractivity contribution in [3.05, 3.63) is 41.1 Å². The van der Waals surface area contributed by atoms with Gasteiger partial charge in [-0.1, -0.05) is 15.9 Å². The van der Waals surface area contributed by atoms with Gasteiger partial charge in [-0.05, 0) is 24.3 Å². The summed E-state index contributed by atoms with van der Waals surface area (Å²) in [6.45, 7) is 0. The summed E-state index contributed by atoms with van der Waals surface area (Å²) in [7, 11) is 0. The molecule has 2 rings (SSSR count). The maximum atomic E-state index is 5.44. The SMILES string of the molecule is Nc1cnc(Oc2ccc(Br)cc2)cn1. The van der Waals surface area contributed by atoms with Crippen molar-refractivity contribution in [1.29, 1.82) is 0 Å². The number of nitrogen functional groups attached to an aromatic ring is 1. The number of nitrogens with two attached hydrogens (primary N) is 1. The molecule has 1 aromatic carbocycles. The lowest BCUT2D eigenvalue weighted by atomic mass is 10.3. The first-order chi connectivity index (χ1) is 7.24. The van der Waals surface area contributed by atoms with Gasteiger partial charge in [0.05, 0.1) is 12.4 Å². The predicted molar refractivity (Wildman–Crippen MR) is 60.7 cm³/mol. The van der Waals surface area contributed by atoms with E-state index in [1.54, 1.807) is 0 Å². The van der Waals surface area contributed by atoms with Gasteiger partial charge in [0.1, 0.15) is 11.6 Å². The maximum absolute atomic E-state index is 5.44. The van der Waals surface area contributed by atoms with Crippen LogP contribution in [-0.2, 0) is 0 Å². The van der Waals surface area contributed by atoms with Gasteiger partial charge in [0, 0.05) is 4.47 Å². The van der Waals surface area contributed by atoms with Crippen LogP contribution in [0.4, 0.5) is 5.82 Å². The Morgan fingerprint density at radius 2 is 1.80 bits per heavy atom. The lowest BCUT2D eigenvalue weighted by Crippen LogP contribution is -1.93. The summed E-state index contributed by atoms with van der Waals surface area (Å²) >= 11 is 3.34. The quantitative estimate of drug-likeness (QED) is 0.907. The Morgan fingerprint density at radius 3 is 2.40 bits per heavy atom. The van der Waals surface area contributed by atoms with Gasteiger partial charge < -0.3 is 10.5 Å². The highest BCUT2D eigenvalue weighted by atomic mass is 79.9. The van der Waals surface area contributed by atoms with Crippen molar-refractivity contribution in [3.8, 4) is 11.6 Å². The van der Waals surface area contributed by atoms with Crippen molar-refractivity contribution in [2.24, 2.45) is 0 Å². The molecular weight excluding hydrogens is 258 g/mol. The van der Waals surface area contributed by atoms with Crippen LogP contribution in [-0.4, -0.2) is 9.97 Å². The summed E-state index contributed by atoms with van der Waals surface area (Å²) in [6.07, 6.45) is 2.94. The Bertz CT molecular complexity index is 398. The van der Waals surface area contributed by atoms with Gasteiger partial charge in [-0.3, -0.25) is 0 Å². The van der Waals surface area contributed by atoms with Crippen LogP contribution in [0.1, 0.15) is 0 Å². The first-order valence-electron chi connectivity index (χ1n) is 4.25. The Morgan fingerprint density at radius 1 is 1.07 bits per heavy atom. The zero-order valence-corrected chi connectivity index (χ0v) is 9.31. The van der Waals surface area contributed by atoms with E-state index in [0.717, 1.165) is 4.47 Å². The predicted octanol–water partition coefficient (Wildman–Crippen LogP) is 2.61. The number of benzene rings is 1. The number of hydrogen-bond acceptors (Lipinski definition) is 4. The minimum Gasteiger partial charge on any atom is -0.438 e. The minimum absolute atomic E-state index is 0.373. The fourth-order valence-electron chi connectivity index (χ4n) is 1.00. The van der Waals surface area contributed by atoms with Crippen molar-refractivity contribution in [2.45, 2.75) is 0 Å². The van der Waals surface area contributed by atoms with Gasteiger partial charge >= 0.3 is 0 Å². The first kappa shape index (κ1) is 9.92. The Labute approximate surface area is 95.2 Å². The van der Waals surface area contributed by atoms with E-state index < -0.39 is 0 Å². The van der Waals surface area contributed by atoms with Crippen molar-refractivity contribution >= 4 is 21.7 Å².